The quantitative estimate of drug-likeness (QED) is 0.822. The molecule has 5 nitrogen and oxygen atoms in total. The van der Waals surface area contributed by atoms with Gasteiger partial charge in [0.25, 0.3) is 5.91 Å². The number of likely N-dealkylation sites (N-methyl/N-ethyl adjacent to an activating group) is 1. The Morgan fingerprint density at radius 1 is 1.19 bits per heavy atom. The number of rotatable bonds is 6. The van der Waals surface area contributed by atoms with Gasteiger partial charge in [-0.1, -0.05) is 29.6 Å². The first-order valence-electron chi connectivity index (χ1n) is 6.96. The minimum absolute atomic E-state index is 0.0186. The van der Waals surface area contributed by atoms with Crippen molar-refractivity contribution in [2.45, 2.75) is 13.3 Å². The maximum atomic E-state index is 12.8. The van der Waals surface area contributed by atoms with Gasteiger partial charge in [0.1, 0.15) is 4.88 Å². The zero-order chi connectivity index (χ0) is 15.2. The van der Waals surface area contributed by atoms with Gasteiger partial charge >= 0.3 is 0 Å². The molecule has 21 heavy (non-hydrogen) atoms. The van der Waals surface area contributed by atoms with Crippen LogP contribution in [0.25, 0.3) is 0 Å². The van der Waals surface area contributed by atoms with Crippen molar-refractivity contribution in [2.24, 2.45) is 0 Å². The Morgan fingerprint density at radius 3 is 2.52 bits per heavy atom. The summed E-state index contributed by atoms with van der Waals surface area (Å²) in [6, 6.07) is 9.74. The highest BCUT2D eigenvalue weighted by molar-refractivity contribution is 7.08. The summed E-state index contributed by atoms with van der Waals surface area (Å²) < 4.78 is 3.92. The van der Waals surface area contributed by atoms with Gasteiger partial charge in [-0.3, -0.25) is 4.79 Å². The molecule has 0 spiro atoms. The Bertz CT molecular complexity index is 582. The molecule has 1 amide bonds. The minimum atomic E-state index is -0.0186. The lowest BCUT2D eigenvalue weighted by molar-refractivity contribution is 0.0988. The number of amides is 1. The van der Waals surface area contributed by atoms with E-state index in [1.165, 1.54) is 11.5 Å². The third kappa shape index (κ3) is 3.86. The number of nitrogens with zero attached hydrogens (tertiary/aromatic N) is 4. The molecule has 0 N–H and O–H groups in total. The van der Waals surface area contributed by atoms with Crippen molar-refractivity contribution in [3.8, 4) is 0 Å². The van der Waals surface area contributed by atoms with E-state index in [1.54, 1.807) is 4.90 Å². The molecule has 1 aromatic heterocycles. The highest BCUT2D eigenvalue weighted by atomic mass is 32.1. The third-order valence-corrected chi connectivity index (χ3v) is 3.92. The molecule has 2 aromatic rings. The van der Waals surface area contributed by atoms with Gasteiger partial charge < -0.3 is 9.80 Å². The Morgan fingerprint density at radius 2 is 1.90 bits per heavy atom. The lowest BCUT2D eigenvalue weighted by atomic mass is 10.2. The Balaban J connectivity index is 2.28. The van der Waals surface area contributed by atoms with Gasteiger partial charge in [-0.05, 0) is 44.2 Å². The molecule has 1 heterocycles. The van der Waals surface area contributed by atoms with E-state index in [0.717, 1.165) is 17.9 Å². The maximum absolute atomic E-state index is 12.8. The molecule has 2 rings (SSSR count). The second kappa shape index (κ2) is 7.28. The summed E-state index contributed by atoms with van der Waals surface area (Å²) in [5.74, 6) is -0.0186. The smallest absolute Gasteiger partial charge is 0.271 e. The van der Waals surface area contributed by atoms with Crippen LogP contribution >= 0.6 is 11.5 Å². The van der Waals surface area contributed by atoms with Gasteiger partial charge in [-0.25, -0.2) is 0 Å². The molecule has 0 aliphatic carbocycles. The van der Waals surface area contributed by atoms with E-state index in [-0.39, 0.29) is 5.91 Å². The molecule has 6 heteroatoms. The highest BCUT2D eigenvalue weighted by Crippen LogP contribution is 2.20. The van der Waals surface area contributed by atoms with E-state index in [0.29, 0.717) is 17.8 Å². The summed E-state index contributed by atoms with van der Waals surface area (Å²) in [5.41, 5.74) is 1.68. The van der Waals surface area contributed by atoms with Crippen molar-refractivity contribution in [1.82, 2.24) is 14.5 Å². The zero-order valence-corrected chi connectivity index (χ0v) is 13.4. The molecule has 112 valence electrons. The molecule has 0 fully saturated rings. The van der Waals surface area contributed by atoms with E-state index in [9.17, 15) is 4.79 Å². The van der Waals surface area contributed by atoms with E-state index in [4.69, 9.17) is 0 Å². The topological polar surface area (TPSA) is 49.3 Å². The average molecular weight is 304 g/mol. The van der Waals surface area contributed by atoms with Gasteiger partial charge in [0, 0.05) is 18.8 Å². The molecule has 0 unspecified atom stereocenters. The van der Waals surface area contributed by atoms with Crippen molar-refractivity contribution in [3.05, 3.63) is 40.9 Å². The van der Waals surface area contributed by atoms with Crippen molar-refractivity contribution < 1.29 is 4.79 Å². The number of carbonyl (C=O) groups excluding carboxylic acids is 1. The van der Waals surface area contributed by atoms with Crippen molar-refractivity contribution in [1.29, 1.82) is 0 Å². The zero-order valence-electron chi connectivity index (χ0n) is 12.6. The Kier molecular flexibility index (Phi) is 5.41. The van der Waals surface area contributed by atoms with Crippen molar-refractivity contribution in [3.63, 3.8) is 0 Å². The van der Waals surface area contributed by atoms with E-state index >= 15 is 0 Å². The van der Waals surface area contributed by atoms with Crippen LogP contribution in [0, 0.1) is 0 Å². The van der Waals surface area contributed by atoms with E-state index in [1.807, 2.05) is 51.4 Å². The summed E-state index contributed by atoms with van der Waals surface area (Å²) in [7, 11) is 4.00. The van der Waals surface area contributed by atoms with E-state index < -0.39 is 0 Å². The predicted molar refractivity (Wildman–Crippen MR) is 86.0 cm³/mol. The minimum Gasteiger partial charge on any atom is -0.308 e. The van der Waals surface area contributed by atoms with Gasteiger partial charge in [0.15, 0.2) is 0 Å². The molecule has 1 aromatic carbocycles. The molecule has 0 bridgehead atoms. The van der Waals surface area contributed by atoms with Gasteiger partial charge in [0.2, 0.25) is 0 Å². The third-order valence-electron chi connectivity index (χ3n) is 3.17. The van der Waals surface area contributed by atoms with Crippen LogP contribution in [0.2, 0.25) is 0 Å². The molecule has 0 aliphatic rings. The SMILES string of the molecule is CCc1nnsc1C(=O)N(CCN(C)C)c1ccccc1. The first kappa shape index (κ1) is 15.6. The van der Waals surface area contributed by atoms with Crippen LogP contribution in [-0.4, -0.2) is 47.6 Å². The maximum Gasteiger partial charge on any atom is 0.271 e. The largest absolute Gasteiger partial charge is 0.308 e. The first-order chi connectivity index (χ1) is 10.1. The molecule has 0 saturated carbocycles. The van der Waals surface area contributed by atoms with Crippen LogP contribution in [0.1, 0.15) is 22.3 Å². The number of anilines is 1. The average Bonchev–Trinajstić information content (AvgIpc) is 2.96. The van der Waals surface area contributed by atoms with Crippen LogP contribution in [0.3, 0.4) is 0 Å². The fraction of sp³-hybridized carbons (Fsp3) is 0.400. The van der Waals surface area contributed by atoms with Gasteiger partial charge in [-0.2, -0.15) is 0 Å². The first-order valence-corrected chi connectivity index (χ1v) is 7.73. The second-order valence-electron chi connectivity index (χ2n) is 5.00. The summed E-state index contributed by atoms with van der Waals surface area (Å²) in [6.07, 6.45) is 0.716. The molecule has 0 atom stereocenters. The number of aryl methyl sites for hydroxylation is 1. The second-order valence-corrected chi connectivity index (χ2v) is 5.75. The number of carbonyl (C=O) groups is 1. The van der Waals surface area contributed by atoms with Crippen LogP contribution in [0.5, 0.6) is 0 Å². The molecule has 0 aliphatic heterocycles. The predicted octanol–water partition coefficient (Wildman–Crippen LogP) is 2.31. The number of para-hydroxylation sites is 1. The molecular weight excluding hydrogens is 284 g/mol. The molecule has 0 saturated heterocycles. The van der Waals surface area contributed by atoms with Crippen molar-refractivity contribution >= 4 is 23.1 Å². The normalized spacial score (nSPS) is 10.9. The lowest BCUT2D eigenvalue weighted by Crippen LogP contribution is -2.36. The highest BCUT2D eigenvalue weighted by Gasteiger charge is 2.22. The fourth-order valence-corrected chi connectivity index (χ4v) is 2.68. The lowest BCUT2D eigenvalue weighted by Gasteiger charge is -2.24. The summed E-state index contributed by atoms with van der Waals surface area (Å²) in [4.78, 5) is 17.3. The summed E-state index contributed by atoms with van der Waals surface area (Å²) >= 11 is 1.17. The van der Waals surface area contributed by atoms with Crippen LogP contribution in [0.15, 0.2) is 30.3 Å². The monoisotopic (exact) mass is 304 g/mol. The van der Waals surface area contributed by atoms with Crippen LogP contribution < -0.4 is 4.90 Å². The van der Waals surface area contributed by atoms with Crippen LogP contribution in [-0.2, 0) is 6.42 Å². The van der Waals surface area contributed by atoms with Gasteiger partial charge in [0.05, 0.1) is 5.69 Å². The molecular formula is C15H20N4OS. The van der Waals surface area contributed by atoms with Gasteiger partial charge in [-0.15, -0.1) is 5.10 Å². The number of benzene rings is 1. The number of aromatic nitrogens is 2. The fourth-order valence-electron chi connectivity index (χ4n) is 1.98. The molecule has 0 radical (unpaired) electrons. The standard InChI is InChI=1S/C15H20N4OS/c1-4-13-14(21-17-16-13)15(20)19(11-10-18(2)3)12-8-6-5-7-9-12/h5-9H,4,10-11H2,1-3H3. The Labute approximate surface area is 129 Å². The number of hydrogen-bond donors (Lipinski definition) is 0. The van der Waals surface area contributed by atoms with E-state index in [2.05, 4.69) is 14.5 Å². The number of hydrogen-bond acceptors (Lipinski definition) is 5. The summed E-state index contributed by atoms with van der Waals surface area (Å²) in [6.45, 7) is 3.42. The van der Waals surface area contributed by atoms with Crippen molar-refractivity contribution in [2.75, 3.05) is 32.1 Å². The summed E-state index contributed by atoms with van der Waals surface area (Å²) in [5, 5.41) is 4.04. The van der Waals surface area contributed by atoms with Crippen LogP contribution in [0.4, 0.5) is 5.69 Å². The Hall–Kier alpha value is -1.79.